The molecule has 0 aliphatic heterocycles. The van der Waals surface area contributed by atoms with Crippen LogP contribution < -0.4 is 11.1 Å². The minimum Gasteiger partial charge on any atom is -0.469 e. The lowest BCUT2D eigenvalue weighted by molar-refractivity contribution is -0.150. The van der Waals surface area contributed by atoms with Crippen molar-refractivity contribution in [1.29, 1.82) is 0 Å². The summed E-state index contributed by atoms with van der Waals surface area (Å²) < 4.78 is 4.73. The van der Waals surface area contributed by atoms with E-state index in [9.17, 15) is 9.59 Å². The Morgan fingerprint density at radius 1 is 1.24 bits per heavy atom. The van der Waals surface area contributed by atoms with Crippen LogP contribution >= 0.6 is 12.4 Å². The van der Waals surface area contributed by atoms with Crippen LogP contribution in [-0.2, 0) is 14.3 Å². The summed E-state index contributed by atoms with van der Waals surface area (Å²) in [6.45, 7) is 4.37. The Kier molecular flexibility index (Phi) is 8.26. The van der Waals surface area contributed by atoms with E-state index < -0.39 is 5.41 Å². The molecule has 0 bridgehead atoms. The van der Waals surface area contributed by atoms with Crippen molar-refractivity contribution in [2.45, 2.75) is 52.4 Å². The zero-order valence-electron chi connectivity index (χ0n) is 13.4. The molecule has 1 aliphatic carbocycles. The second-order valence-electron chi connectivity index (χ2n) is 6.59. The molecular weight excluding hydrogens is 292 g/mol. The number of nitrogens with two attached hydrogens (primary N) is 1. The number of carbonyl (C=O) groups is 2. The van der Waals surface area contributed by atoms with E-state index >= 15 is 0 Å². The smallest absolute Gasteiger partial charge is 0.313 e. The topological polar surface area (TPSA) is 81.4 Å². The first-order valence-corrected chi connectivity index (χ1v) is 7.40. The van der Waals surface area contributed by atoms with Gasteiger partial charge in [0.2, 0.25) is 5.91 Å². The highest BCUT2D eigenvalue weighted by Crippen LogP contribution is 2.38. The van der Waals surface area contributed by atoms with Gasteiger partial charge in [0.1, 0.15) is 0 Å². The molecule has 0 unspecified atom stereocenters. The Morgan fingerprint density at radius 2 is 1.81 bits per heavy atom. The number of hydrogen-bond acceptors (Lipinski definition) is 4. The fraction of sp³-hybridized carbons (Fsp3) is 0.867. The molecule has 0 spiro atoms. The first-order valence-electron chi connectivity index (χ1n) is 7.40. The maximum absolute atomic E-state index is 12.1. The van der Waals surface area contributed by atoms with Crippen LogP contribution in [0.4, 0.5) is 0 Å². The quantitative estimate of drug-likeness (QED) is 0.734. The summed E-state index contributed by atoms with van der Waals surface area (Å²) in [4.78, 5) is 23.7. The fourth-order valence-corrected chi connectivity index (χ4v) is 2.83. The Bertz CT molecular complexity index is 353. The average molecular weight is 321 g/mol. The van der Waals surface area contributed by atoms with E-state index in [0.29, 0.717) is 19.5 Å². The van der Waals surface area contributed by atoms with Gasteiger partial charge in [-0.1, -0.05) is 19.3 Å². The van der Waals surface area contributed by atoms with Crippen molar-refractivity contribution >= 4 is 24.3 Å². The molecule has 0 aromatic carbocycles. The second kappa shape index (κ2) is 8.59. The Morgan fingerprint density at radius 3 is 2.29 bits per heavy atom. The molecule has 1 rings (SSSR count). The SMILES string of the molecule is COC(=O)C(C)(C)CNC(=O)CC1(CN)CCCCC1.Cl. The predicted octanol–water partition coefficient (Wildman–Crippen LogP) is 2.02. The highest BCUT2D eigenvalue weighted by molar-refractivity contribution is 5.85. The largest absolute Gasteiger partial charge is 0.469 e. The molecular formula is C15H29ClN2O3. The first kappa shape index (κ1) is 20.2. The van der Waals surface area contributed by atoms with Gasteiger partial charge in [0.15, 0.2) is 0 Å². The van der Waals surface area contributed by atoms with Crippen LogP contribution in [0.25, 0.3) is 0 Å². The van der Waals surface area contributed by atoms with Crippen LogP contribution in [-0.4, -0.2) is 32.1 Å². The Hall–Kier alpha value is -0.810. The second-order valence-corrected chi connectivity index (χ2v) is 6.59. The third kappa shape index (κ3) is 5.83. The van der Waals surface area contributed by atoms with E-state index in [-0.39, 0.29) is 29.7 Å². The number of esters is 1. The average Bonchev–Trinajstić information content (AvgIpc) is 2.45. The van der Waals surface area contributed by atoms with Crippen molar-refractivity contribution in [1.82, 2.24) is 5.32 Å². The van der Waals surface area contributed by atoms with Gasteiger partial charge in [-0.3, -0.25) is 9.59 Å². The van der Waals surface area contributed by atoms with E-state index in [1.54, 1.807) is 13.8 Å². The van der Waals surface area contributed by atoms with Crippen molar-refractivity contribution in [2.75, 3.05) is 20.2 Å². The number of nitrogens with one attached hydrogen (secondary N) is 1. The highest BCUT2D eigenvalue weighted by Gasteiger charge is 2.34. The zero-order chi connectivity index (χ0) is 15.2. The van der Waals surface area contributed by atoms with Crippen LogP contribution in [0.3, 0.4) is 0 Å². The van der Waals surface area contributed by atoms with Gasteiger partial charge in [0.25, 0.3) is 0 Å². The van der Waals surface area contributed by atoms with E-state index in [2.05, 4.69) is 5.32 Å². The number of carbonyl (C=O) groups excluding carboxylic acids is 2. The summed E-state index contributed by atoms with van der Waals surface area (Å²) in [6, 6.07) is 0. The lowest BCUT2D eigenvalue weighted by Gasteiger charge is -2.36. The van der Waals surface area contributed by atoms with Crippen molar-refractivity contribution < 1.29 is 14.3 Å². The fourth-order valence-electron chi connectivity index (χ4n) is 2.83. The van der Waals surface area contributed by atoms with Crippen LogP contribution in [0, 0.1) is 10.8 Å². The first-order chi connectivity index (χ1) is 9.35. The van der Waals surface area contributed by atoms with Crippen LogP contribution in [0.15, 0.2) is 0 Å². The summed E-state index contributed by atoms with van der Waals surface area (Å²) in [5.74, 6) is -0.335. The lowest BCUT2D eigenvalue weighted by Crippen LogP contribution is -2.43. The zero-order valence-corrected chi connectivity index (χ0v) is 14.2. The van der Waals surface area contributed by atoms with Crippen LogP contribution in [0.1, 0.15) is 52.4 Å². The maximum atomic E-state index is 12.1. The third-order valence-electron chi connectivity index (χ3n) is 4.35. The minimum absolute atomic E-state index is 0. The summed E-state index contributed by atoms with van der Waals surface area (Å²) in [7, 11) is 1.36. The Labute approximate surface area is 133 Å². The van der Waals surface area contributed by atoms with Gasteiger partial charge in [-0.25, -0.2) is 0 Å². The molecule has 5 nitrogen and oxygen atoms in total. The molecule has 1 fully saturated rings. The summed E-state index contributed by atoms with van der Waals surface area (Å²) in [5, 5.41) is 2.85. The molecule has 0 atom stereocenters. The van der Waals surface area contributed by atoms with E-state index in [4.69, 9.17) is 10.5 Å². The Balaban J connectivity index is 0.00000400. The number of amides is 1. The summed E-state index contributed by atoms with van der Waals surface area (Å²) in [6.07, 6.45) is 6.05. The molecule has 0 heterocycles. The standard InChI is InChI=1S/C15H28N2O3.ClH/c1-14(2,13(19)20-3)11-17-12(18)9-15(10-16)7-5-4-6-8-15;/h4-11,16H2,1-3H3,(H,17,18);1H. The third-order valence-corrected chi connectivity index (χ3v) is 4.35. The number of hydrogen-bond donors (Lipinski definition) is 2. The van der Waals surface area contributed by atoms with Crippen molar-refractivity contribution in [2.24, 2.45) is 16.6 Å². The molecule has 0 radical (unpaired) electrons. The van der Waals surface area contributed by atoms with Gasteiger partial charge in [0, 0.05) is 13.0 Å². The van der Waals surface area contributed by atoms with Crippen LogP contribution in [0.5, 0.6) is 0 Å². The molecule has 1 saturated carbocycles. The van der Waals surface area contributed by atoms with E-state index in [1.165, 1.54) is 13.5 Å². The number of rotatable bonds is 6. The van der Waals surface area contributed by atoms with Crippen molar-refractivity contribution in [3.63, 3.8) is 0 Å². The van der Waals surface area contributed by atoms with Gasteiger partial charge >= 0.3 is 5.97 Å². The molecule has 21 heavy (non-hydrogen) atoms. The predicted molar refractivity (Wildman–Crippen MR) is 85.2 cm³/mol. The number of ether oxygens (including phenoxy) is 1. The molecule has 6 heteroatoms. The van der Waals surface area contributed by atoms with E-state index in [0.717, 1.165) is 25.7 Å². The van der Waals surface area contributed by atoms with Gasteiger partial charge in [0.05, 0.1) is 12.5 Å². The molecule has 3 N–H and O–H groups in total. The number of methoxy groups -OCH3 is 1. The van der Waals surface area contributed by atoms with Gasteiger partial charge < -0.3 is 15.8 Å². The normalized spacial score (nSPS) is 17.5. The summed E-state index contributed by atoms with van der Waals surface area (Å²) in [5.41, 5.74) is 5.14. The van der Waals surface area contributed by atoms with Crippen molar-refractivity contribution in [3.05, 3.63) is 0 Å². The van der Waals surface area contributed by atoms with Crippen molar-refractivity contribution in [3.8, 4) is 0 Å². The minimum atomic E-state index is -0.702. The number of halogens is 1. The molecule has 0 aromatic rings. The van der Waals surface area contributed by atoms with Gasteiger partial charge in [-0.15, -0.1) is 12.4 Å². The molecule has 0 saturated heterocycles. The molecule has 1 aliphatic rings. The van der Waals surface area contributed by atoms with E-state index in [1.807, 2.05) is 0 Å². The highest BCUT2D eigenvalue weighted by atomic mass is 35.5. The molecule has 1 amide bonds. The summed E-state index contributed by atoms with van der Waals surface area (Å²) >= 11 is 0. The van der Waals surface area contributed by atoms with Gasteiger partial charge in [-0.2, -0.15) is 0 Å². The maximum Gasteiger partial charge on any atom is 0.313 e. The molecule has 124 valence electrons. The van der Waals surface area contributed by atoms with Gasteiger partial charge in [-0.05, 0) is 38.6 Å². The lowest BCUT2D eigenvalue weighted by atomic mass is 9.71. The monoisotopic (exact) mass is 320 g/mol. The van der Waals surface area contributed by atoms with Crippen LogP contribution in [0.2, 0.25) is 0 Å². The molecule has 0 aromatic heterocycles.